The summed E-state index contributed by atoms with van der Waals surface area (Å²) in [4.78, 5) is 36.1. The zero-order chi connectivity index (χ0) is 23.2. The maximum Gasteiger partial charge on any atom is 0.325 e. The molecule has 4 rings (SSSR count). The fourth-order valence-corrected chi connectivity index (χ4v) is 3.60. The monoisotopic (exact) mass is 441 g/mol. The van der Waals surface area contributed by atoms with Crippen molar-refractivity contribution in [3.63, 3.8) is 0 Å². The minimum atomic E-state index is -0.528. The number of amides is 2. The van der Waals surface area contributed by atoms with Crippen LogP contribution in [0.25, 0.3) is 22.2 Å². The molecule has 1 heterocycles. The molecule has 166 valence electrons. The van der Waals surface area contributed by atoms with Crippen LogP contribution in [0.3, 0.4) is 0 Å². The van der Waals surface area contributed by atoms with Crippen LogP contribution in [-0.2, 0) is 20.9 Å². The standard InChI is InChI=1S/C26H23N3O4/c1-33-25(31)16-27-26(32)19-11-13-21(14-12-19)28-24(30)17-29-22-10-6-5-9-20(22)15-23(29)18-7-3-2-4-8-18/h2-15H,16-17H2,1H3,(H,27,32)(H,28,30). The van der Waals surface area contributed by atoms with Crippen LogP contribution in [0, 0.1) is 0 Å². The molecule has 0 atom stereocenters. The number of nitrogens with one attached hydrogen (secondary N) is 2. The van der Waals surface area contributed by atoms with Crippen LogP contribution in [0.5, 0.6) is 0 Å². The first-order chi connectivity index (χ1) is 16.0. The number of anilines is 1. The lowest BCUT2D eigenvalue weighted by Gasteiger charge is -2.12. The number of esters is 1. The topological polar surface area (TPSA) is 89.4 Å². The summed E-state index contributed by atoms with van der Waals surface area (Å²) in [6.07, 6.45) is 0. The fourth-order valence-electron chi connectivity index (χ4n) is 3.60. The van der Waals surface area contributed by atoms with E-state index in [1.807, 2.05) is 59.2 Å². The molecular formula is C26H23N3O4. The molecule has 0 radical (unpaired) electrons. The van der Waals surface area contributed by atoms with E-state index >= 15 is 0 Å². The Balaban J connectivity index is 1.48. The van der Waals surface area contributed by atoms with Crippen molar-refractivity contribution in [2.75, 3.05) is 19.0 Å². The minimum Gasteiger partial charge on any atom is -0.468 e. The first-order valence-electron chi connectivity index (χ1n) is 10.4. The van der Waals surface area contributed by atoms with E-state index in [1.54, 1.807) is 24.3 Å². The number of fused-ring (bicyclic) bond motifs is 1. The summed E-state index contributed by atoms with van der Waals surface area (Å²) in [7, 11) is 1.26. The first kappa shape index (κ1) is 21.8. The lowest BCUT2D eigenvalue weighted by atomic mass is 10.1. The van der Waals surface area contributed by atoms with Crippen molar-refractivity contribution in [3.05, 3.63) is 90.5 Å². The van der Waals surface area contributed by atoms with E-state index in [2.05, 4.69) is 21.4 Å². The van der Waals surface area contributed by atoms with Crippen molar-refractivity contribution in [2.24, 2.45) is 0 Å². The molecule has 0 bridgehead atoms. The Morgan fingerprint density at radius 2 is 1.58 bits per heavy atom. The Labute approximate surface area is 191 Å². The van der Waals surface area contributed by atoms with Crippen LogP contribution < -0.4 is 10.6 Å². The SMILES string of the molecule is COC(=O)CNC(=O)c1ccc(NC(=O)Cn2c(-c3ccccc3)cc3ccccc32)cc1. The molecule has 0 saturated heterocycles. The van der Waals surface area contributed by atoms with Gasteiger partial charge in [-0.1, -0.05) is 48.5 Å². The van der Waals surface area contributed by atoms with Gasteiger partial charge in [0.15, 0.2) is 0 Å². The molecule has 4 aromatic rings. The summed E-state index contributed by atoms with van der Waals surface area (Å²) >= 11 is 0. The number of carbonyl (C=O) groups is 3. The highest BCUT2D eigenvalue weighted by atomic mass is 16.5. The van der Waals surface area contributed by atoms with Crippen molar-refractivity contribution in [2.45, 2.75) is 6.54 Å². The zero-order valence-electron chi connectivity index (χ0n) is 18.1. The van der Waals surface area contributed by atoms with E-state index in [0.29, 0.717) is 11.3 Å². The second-order valence-corrected chi connectivity index (χ2v) is 7.42. The van der Waals surface area contributed by atoms with Crippen molar-refractivity contribution in [1.29, 1.82) is 0 Å². The maximum absolute atomic E-state index is 12.9. The van der Waals surface area contributed by atoms with Gasteiger partial charge in [0.2, 0.25) is 5.91 Å². The quantitative estimate of drug-likeness (QED) is 0.427. The van der Waals surface area contributed by atoms with Gasteiger partial charge in [-0.25, -0.2) is 0 Å². The van der Waals surface area contributed by atoms with Gasteiger partial charge >= 0.3 is 5.97 Å². The van der Waals surface area contributed by atoms with Crippen LogP contribution in [0.1, 0.15) is 10.4 Å². The van der Waals surface area contributed by atoms with Crippen molar-refractivity contribution in [3.8, 4) is 11.3 Å². The van der Waals surface area contributed by atoms with Crippen LogP contribution >= 0.6 is 0 Å². The number of hydrogen-bond donors (Lipinski definition) is 2. The lowest BCUT2D eigenvalue weighted by Crippen LogP contribution is -2.30. The van der Waals surface area contributed by atoms with Gasteiger partial charge in [0.05, 0.1) is 7.11 Å². The van der Waals surface area contributed by atoms with E-state index in [9.17, 15) is 14.4 Å². The summed E-state index contributed by atoms with van der Waals surface area (Å²) in [5.41, 5.74) is 3.92. The van der Waals surface area contributed by atoms with Crippen molar-refractivity contribution < 1.29 is 19.1 Å². The van der Waals surface area contributed by atoms with E-state index in [0.717, 1.165) is 22.2 Å². The van der Waals surface area contributed by atoms with Crippen LogP contribution in [0.15, 0.2) is 84.9 Å². The Morgan fingerprint density at radius 3 is 2.30 bits per heavy atom. The molecule has 0 fully saturated rings. The number of para-hydroxylation sites is 1. The van der Waals surface area contributed by atoms with Gasteiger partial charge in [-0.2, -0.15) is 0 Å². The molecule has 0 saturated carbocycles. The molecule has 7 nitrogen and oxygen atoms in total. The normalized spacial score (nSPS) is 10.6. The van der Waals surface area contributed by atoms with E-state index in [-0.39, 0.29) is 19.0 Å². The highest BCUT2D eigenvalue weighted by Crippen LogP contribution is 2.28. The number of carbonyl (C=O) groups excluding carboxylic acids is 3. The molecule has 2 N–H and O–H groups in total. The molecule has 7 heteroatoms. The maximum atomic E-state index is 12.9. The second-order valence-electron chi connectivity index (χ2n) is 7.42. The molecule has 0 unspecified atom stereocenters. The number of methoxy groups -OCH3 is 1. The number of ether oxygens (including phenoxy) is 1. The largest absolute Gasteiger partial charge is 0.468 e. The number of rotatable bonds is 7. The van der Waals surface area contributed by atoms with Gasteiger partial charge in [0.1, 0.15) is 13.1 Å². The molecule has 3 aromatic carbocycles. The first-order valence-corrected chi connectivity index (χ1v) is 10.4. The predicted molar refractivity (Wildman–Crippen MR) is 127 cm³/mol. The van der Waals surface area contributed by atoms with Crippen molar-refractivity contribution in [1.82, 2.24) is 9.88 Å². The van der Waals surface area contributed by atoms with Gasteiger partial charge < -0.3 is 19.9 Å². The third-order valence-corrected chi connectivity index (χ3v) is 5.23. The Morgan fingerprint density at radius 1 is 0.879 bits per heavy atom. The molecule has 1 aromatic heterocycles. The highest BCUT2D eigenvalue weighted by Gasteiger charge is 2.14. The van der Waals surface area contributed by atoms with Crippen LogP contribution in [-0.4, -0.2) is 36.0 Å². The van der Waals surface area contributed by atoms with Gasteiger partial charge in [0.25, 0.3) is 5.91 Å². The minimum absolute atomic E-state index is 0.138. The lowest BCUT2D eigenvalue weighted by molar-refractivity contribution is -0.139. The predicted octanol–water partition coefficient (Wildman–Crippen LogP) is 3.85. The molecule has 0 aliphatic rings. The van der Waals surface area contributed by atoms with Gasteiger partial charge in [-0.15, -0.1) is 0 Å². The zero-order valence-corrected chi connectivity index (χ0v) is 18.1. The van der Waals surface area contributed by atoms with Crippen molar-refractivity contribution >= 4 is 34.4 Å². The van der Waals surface area contributed by atoms with Crippen LogP contribution in [0.2, 0.25) is 0 Å². The smallest absolute Gasteiger partial charge is 0.325 e. The summed E-state index contributed by atoms with van der Waals surface area (Å²) in [5.74, 6) is -1.11. The van der Waals surface area contributed by atoms with Gasteiger partial charge in [0, 0.05) is 27.8 Å². The third-order valence-electron chi connectivity index (χ3n) is 5.23. The molecule has 0 aliphatic heterocycles. The van der Waals surface area contributed by atoms with Gasteiger partial charge in [-0.05, 0) is 42.0 Å². The summed E-state index contributed by atoms with van der Waals surface area (Å²) in [6, 6.07) is 26.5. The van der Waals surface area contributed by atoms with Gasteiger partial charge in [-0.3, -0.25) is 14.4 Å². The third kappa shape index (κ3) is 5.10. The van der Waals surface area contributed by atoms with Crippen LogP contribution in [0.4, 0.5) is 5.69 Å². The van der Waals surface area contributed by atoms with E-state index in [1.165, 1.54) is 7.11 Å². The fraction of sp³-hybridized carbons (Fsp3) is 0.115. The Bertz CT molecular complexity index is 1290. The summed E-state index contributed by atoms with van der Waals surface area (Å²) in [6.45, 7) is -0.0680. The number of aromatic nitrogens is 1. The Kier molecular flexibility index (Phi) is 6.50. The molecular weight excluding hydrogens is 418 g/mol. The summed E-state index contributed by atoms with van der Waals surface area (Å²) in [5, 5.41) is 6.42. The number of nitrogens with zero attached hydrogens (tertiary/aromatic N) is 1. The molecule has 0 aliphatic carbocycles. The molecule has 0 spiro atoms. The second kappa shape index (κ2) is 9.82. The molecule has 33 heavy (non-hydrogen) atoms. The molecule has 2 amide bonds. The van der Waals surface area contributed by atoms with E-state index in [4.69, 9.17) is 0 Å². The average molecular weight is 441 g/mol. The Hall–Kier alpha value is -4.39. The highest BCUT2D eigenvalue weighted by molar-refractivity contribution is 5.97. The summed E-state index contributed by atoms with van der Waals surface area (Å²) < 4.78 is 6.50. The number of benzene rings is 3. The van der Waals surface area contributed by atoms with E-state index < -0.39 is 11.9 Å². The number of hydrogen-bond acceptors (Lipinski definition) is 4. The average Bonchev–Trinajstić information content (AvgIpc) is 3.21.